The highest BCUT2D eigenvalue weighted by molar-refractivity contribution is 7.11. The van der Waals surface area contributed by atoms with Crippen LogP contribution in [0.1, 0.15) is 22.0 Å². The summed E-state index contributed by atoms with van der Waals surface area (Å²) in [6, 6.07) is 9.51. The number of nitrogens with zero attached hydrogens (tertiary/aromatic N) is 3. The molecule has 0 unspecified atom stereocenters. The molecule has 146 valence electrons. The van der Waals surface area contributed by atoms with Crippen LogP contribution in [0, 0.1) is 12.3 Å². The molecule has 1 aliphatic rings. The highest BCUT2D eigenvalue weighted by atomic mass is 32.1. The molecule has 1 aromatic heterocycles. The molecule has 2 atom stereocenters. The normalized spacial score (nSPS) is 22.5. The molecule has 1 aromatic carbocycles. The van der Waals surface area contributed by atoms with Gasteiger partial charge < -0.3 is 15.3 Å². The second-order valence-electron chi connectivity index (χ2n) is 6.44. The molecule has 2 heterocycles. The van der Waals surface area contributed by atoms with E-state index in [4.69, 9.17) is 9.90 Å². The number of hydrogen-bond donors (Lipinski definition) is 3. The van der Waals surface area contributed by atoms with E-state index >= 15 is 0 Å². The van der Waals surface area contributed by atoms with E-state index in [-0.39, 0.29) is 6.47 Å². The topological polar surface area (TPSA) is 124 Å². The van der Waals surface area contributed by atoms with Gasteiger partial charge in [-0.25, -0.2) is 0 Å². The molecule has 3 N–H and O–H groups in total. The first-order chi connectivity index (χ1) is 12.9. The van der Waals surface area contributed by atoms with Gasteiger partial charge in [0.25, 0.3) is 6.47 Å². The zero-order valence-electron chi connectivity index (χ0n) is 15.0. The van der Waals surface area contributed by atoms with Gasteiger partial charge in [0.1, 0.15) is 15.4 Å². The first kappa shape index (κ1) is 20.9. The third-order valence-electron chi connectivity index (χ3n) is 4.66. The lowest BCUT2D eigenvalue weighted by atomic mass is 9.71. The van der Waals surface area contributed by atoms with Crippen molar-refractivity contribution in [2.24, 2.45) is 5.41 Å². The summed E-state index contributed by atoms with van der Waals surface area (Å²) < 4.78 is 0. The van der Waals surface area contributed by atoms with Gasteiger partial charge in [-0.3, -0.25) is 14.5 Å². The molecule has 8 nitrogen and oxygen atoms in total. The minimum Gasteiger partial charge on any atom is -0.483 e. The van der Waals surface area contributed by atoms with Gasteiger partial charge in [0, 0.05) is 6.54 Å². The molecule has 0 spiro atoms. The monoisotopic (exact) mass is 393 g/mol. The minimum atomic E-state index is -1.13. The van der Waals surface area contributed by atoms with Crippen LogP contribution in [0.2, 0.25) is 0 Å². The highest BCUT2D eigenvalue weighted by Crippen LogP contribution is 2.36. The van der Waals surface area contributed by atoms with Gasteiger partial charge in [0.15, 0.2) is 0 Å². The summed E-state index contributed by atoms with van der Waals surface area (Å²) >= 11 is 1.53. The van der Waals surface area contributed by atoms with E-state index in [0.717, 1.165) is 15.6 Å². The van der Waals surface area contributed by atoms with Crippen molar-refractivity contribution in [2.75, 3.05) is 13.1 Å². The molecule has 0 radical (unpaired) electrons. The zero-order valence-corrected chi connectivity index (χ0v) is 15.8. The summed E-state index contributed by atoms with van der Waals surface area (Å²) in [5.41, 5.74) is -0.193. The molecular weight excluding hydrogens is 370 g/mol. The Morgan fingerprint density at radius 1 is 1.37 bits per heavy atom. The molecule has 1 fully saturated rings. The third-order valence-corrected chi connectivity index (χ3v) is 5.48. The first-order valence-electron chi connectivity index (χ1n) is 8.46. The summed E-state index contributed by atoms with van der Waals surface area (Å²) in [4.78, 5) is 22.4. The van der Waals surface area contributed by atoms with Gasteiger partial charge in [-0.1, -0.05) is 30.3 Å². The smallest absolute Gasteiger partial charge is 0.312 e. The Balaban J connectivity index is 0.000000817. The van der Waals surface area contributed by atoms with Crippen LogP contribution in [0.5, 0.6) is 0 Å². The van der Waals surface area contributed by atoms with Crippen molar-refractivity contribution in [3.05, 3.63) is 45.9 Å². The number of carboxylic acid groups (broad SMARTS) is 2. The molecule has 9 heteroatoms. The van der Waals surface area contributed by atoms with E-state index in [9.17, 15) is 15.0 Å². The van der Waals surface area contributed by atoms with E-state index in [1.165, 1.54) is 11.3 Å². The Labute approximate surface area is 161 Å². The fourth-order valence-electron chi connectivity index (χ4n) is 3.26. The van der Waals surface area contributed by atoms with Gasteiger partial charge in [0.2, 0.25) is 0 Å². The van der Waals surface area contributed by atoms with Crippen molar-refractivity contribution in [1.29, 1.82) is 0 Å². The van der Waals surface area contributed by atoms with Crippen molar-refractivity contribution in [3.8, 4) is 0 Å². The number of aromatic nitrogens is 2. The predicted octanol–water partition coefficient (Wildman–Crippen LogP) is 1.43. The lowest BCUT2D eigenvalue weighted by Gasteiger charge is -2.42. The van der Waals surface area contributed by atoms with Crippen LogP contribution in [-0.4, -0.2) is 62.1 Å². The number of β-amino-alcohol motifs (C(OH)–C–C–N with tert-alkyl or cyclic N) is 1. The third kappa shape index (κ3) is 5.31. The van der Waals surface area contributed by atoms with Gasteiger partial charge in [-0.2, -0.15) is 0 Å². The molecule has 0 aliphatic carbocycles. The van der Waals surface area contributed by atoms with Crippen molar-refractivity contribution in [1.82, 2.24) is 15.1 Å². The number of carboxylic acids is 1. The molecule has 1 aliphatic heterocycles. The second-order valence-corrected chi connectivity index (χ2v) is 7.71. The van der Waals surface area contributed by atoms with Crippen LogP contribution in [0.4, 0.5) is 0 Å². The number of likely N-dealkylation sites (tertiary alicyclic amines) is 1. The summed E-state index contributed by atoms with van der Waals surface area (Å²) in [6.45, 7) is 3.21. The van der Waals surface area contributed by atoms with Gasteiger partial charge in [0.05, 0.1) is 12.6 Å². The summed E-state index contributed by atoms with van der Waals surface area (Å²) in [5.74, 6) is -0.926. The maximum Gasteiger partial charge on any atom is 0.312 e. The number of aryl methyl sites for hydroxylation is 1. The average Bonchev–Trinajstić information content (AvgIpc) is 3.03. The zero-order chi connectivity index (χ0) is 19.9. The number of benzene rings is 1. The summed E-state index contributed by atoms with van der Waals surface area (Å²) in [7, 11) is 0. The van der Waals surface area contributed by atoms with Crippen LogP contribution in [0.3, 0.4) is 0 Å². The summed E-state index contributed by atoms with van der Waals surface area (Å²) in [6.07, 6.45) is -0.162. The molecule has 1 saturated heterocycles. The van der Waals surface area contributed by atoms with Crippen LogP contribution >= 0.6 is 11.3 Å². The lowest BCUT2D eigenvalue weighted by Crippen LogP contribution is -2.55. The Bertz CT molecular complexity index is 754. The van der Waals surface area contributed by atoms with E-state index in [0.29, 0.717) is 32.5 Å². The summed E-state index contributed by atoms with van der Waals surface area (Å²) in [5, 5.41) is 37.2. The van der Waals surface area contributed by atoms with Gasteiger partial charge in [-0.15, -0.1) is 21.5 Å². The predicted molar refractivity (Wildman–Crippen MR) is 99.5 cm³/mol. The molecule has 0 bridgehead atoms. The standard InChI is InChI=1S/C17H21N3O3S.CH2O2/c1-12-18-19-15(24-12)11-20-8-7-17(16(22)23,14(21)10-20)9-13-5-3-2-4-6-13;2-1-3/h2-6,14,21H,7-11H2,1H3,(H,22,23);1H,(H,2,3)/t14-,17+;/m0./s1. The Kier molecular flexibility index (Phi) is 7.40. The Morgan fingerprint density at radius 3 is 2.56 bits per heavy atom. The first-order valence-corrected chi connectivity index (χ1v) is 9.27. The van der Waals surface area contributed by atoms with Crippen LogP contribution in [0.25, 0.3) is 0 Å². The van der Waals surface area contributed by atoms with Crippen molar-refractivity contribution < 1.29 is 24.9 Å². The molecule has 0 saturated carbocycles. The molecule has 2 aromatic rings. The van der Waals surface area contributed by atoms with Crippen molar-refractivity contribution in [2.45, 2.75) is 32.4 Å². The molecule has 3 rings (SSSR count). The number of carbonyl (C=O) groups is 2. The second kappa shape index (κ2) is 9.54. The van der Waals surface area contributed by atoms with Gasteiger partial charge in [-0.05, 0) is 31.9 Å². The van der Waals surface area contributed by atoms with Gasteiger partial charge >= 0.3 is 5.97 Å². The number of aliphatic hydroxyl groups excluding tert-OH is 1. The number of aliphatic hydroxyl groups is 1. The number of piperidine rings is 1. The van der Waals surface area contributed by atoms with E-state index < -0.39 is 17.5 Å². The number of hydrogen-bond acceptors (Lipinski definition) is 7. The molecule has 0 amide bonds. The number of rotatable bonds is 5. The van der Waals surface area contributed by atoms with Crippen LogP contribution in [-0.2, 0) is 22.6 Å². The fraction of sp³-hybridized carbons (Fsp3) is 0.444. The molecular formula is C18H23N3O5S. The van der Waals surface area contributed by atoms with Crippen molar-refractivity contribution >= 4 is 23.8 Å². The largest absolute Gasteiger partial charge is 0.483 e. The lowest BCUT2D eigenvalue weighted by molar-refractivity contribution is -0.163. The van der Waals surface area contributed by atoms with Crippen LogP contribution < -0.4 is 0 Å². The Hall–Kier alpha value is -2.36. The van der Waals surface area contributed by atoms with E-state index in [1.807, 2.05) is 37.3 Å². The van der Waals surface area contributed by atoms with Crippen LogP contribution in [0.15, 0.2) is 30.3 Å². The number of aliphatic carboxylic acids is 1. The van der Waals surface area contributed by atoms with E-state index in [2.05, 4.69) is 15.1 Å². The Morgan fingerprint density at radius 2 is 2.04 bits per heavy atom. The molecule has 27 heavy (non-hydrogen) atoms. The minimum absolute atomic E-state index is 0.250. The van der Waals surface area contributed by atoms with Crippen molar-refractivity contribution in [3.63, 3.8) is 0 Å². The average molecular weight is 393 g/mol. The SMILES string of the molecule is Cc1nnc(CN2CC[C@](Cc3ccccc3)(C(=O)O)[C@@H](O)C2)s1.O=CO. The highest BCUT2D eigenvalue weighted by Gasteiger charge is 2.48. The maximum absolute atomic E-state index is 12.0. The maximum atomic E-state index is 12.0. The van der Waals surface area contributed by atoms with E-state index in [1.54, 1.807) is 0 Å². The quantitative estimate of drug-likeness (QED) is 0.652. The fourth-order valence-corrected chi connectivity index (χ4v) is 4.01.